The molecule has 3 N–H and O–H groups in total. The maximum absolute atomic E-state index is 12.9. The van der Waals surface area contributed by atoms with Gasteiger partial charge >= 0.3 is 6.18 Å². The van der Waals surface area contributed by atoms with Gasteiger partial charge in [-0.2, -0.15) is 13.2 Å². The number of alkyl halides is 3. The highest BCUT2D eigenvalue weighted by molar-refractivity contribution is 5.95. The van der Waals surface area contributed by atoms with Crippen molar-refractivity contribution in [1.29, 1.82) is 0 Å². The lowest BCUT2D eigenvalue weighted by atomic mass is 10.1. The summed E-state index contributed by atoms with van der Waals surface area (Å²) in [5.74, 6) is -1.74. The SMILES string of the molecule is Nc1cc(C(=O)N(CCO)CC(F)(F)F)ccc1F. The predicted molar refractivity (Wildman–Crippen MR) is 59.9 cm³/mol. The van der Waals surface area contributed by atoms with Crippen LogP contribution < -0.4 is 5.73 Å². The molecule has 0 radical (unpaired) electrons. The minimum Gasteiger partial charge on any atom is -0.396 e. The van der Waals surface area contributed by atoms with Crippen molar-refractivity contribution in [2.75, 3.05) is 25.4 Å². The number of hydrogen-bond donors (Lipinski definition) is 2. The third kappa shape index (κ3) is 4.40. The van der Waals surface area contributed by atoms with Gasteiger partial charge in [0.2, 0.25) is 0 Å². The van der Waals surface area contributed by atoms with Crippen LogP contribution in [0.15, 0.2) is 18.2 Å². The van der Waals surface area contributed by atoms with E-state index in [9.17, 15) is 22.4 Å². The van der Waals surface area contributed by atoms with E-state index in [2.05, 4.69) is 0 Å². The van der Waals surface area contributed by atoms with Crippen LogP contribution in [0.2, 0.25) is 0 Å². The van der Waals surface area contributed by atoms with Crippen LogP contribution in [0.25, 0.3) is 0 Å². The average molecular weight is 280 g/mol. The fraction of sp³-hybridized carbons (Fsp3) is 0.364. The summed E-state index contributed by atoms with van der Waals surface area (Å²) in [6, 6.07) is 2.89. The summed E-state index contributed by atoms with van der Waals surface area (Å²) in [5, 5.41) is 8.68. The van der Waals surface area contributed by atoms with E-state index in [0.29, 0.717) is 4.90 Å². The molecule has 0 spiro atoms. The minimum absolute atomic E-state index is 0.170. The van der Waals surface area contributed by atoms with E-state index in [0.717, 1.165) is 18.2 Å². The fourth-order valence-electron chi connectivity index (χ4n) is 1.45. The van der Waals surface area contributed by atoms with Crippen molar-refractivity contribution in [2.24, 2.45) is 0 Å². The number of halogens is 4. The normalized spacial score (nSPS) is 11.4. The van der Waals surface area contributed by atoms with Gasteiger partial charge in [0.15, 0.2) is 0 Å². The molecule has 1 rings (SSSR count). The summed E-state index contributed by atoms with van der Waals surface area (Å²) in [7, 11) is 0. The standard InChI is InChI=1S/C11H12F4N2O2/c12-8-2-1-7(5-9(8)16)10(19)17(3-4-18)6-11(13,14)15/h1-2,5,18H,3-4,6,16H2. The first-order valence-corrected chi connectivity index (χ1v) is 5.26. The molecule has 0 heterocycles. The topological polar surface area (TPSA) is 66.6 Å². The molecule has 0 aromatic heterocycles. The quantitative estimate of drug-likeness (QED) is 0.647. The van der Waals surface area contributed by atoms with Gasteiger partial charge in [-0.1, -0.05) is 0 Å². The Kier molecular flexibility index (Phi) is 4.71. The van der Waals surface area contributed by atoms with E-state index in [1.165, 1.54) is 0 Å². The van der Waals surface area contributed by atoms with Crippen LogP contribution in [-0.2, 0) is 0 Å². The lowest BCUT2D eigenvalue weighted by Crippen LogP contribution is -2.40. The molecule has 0 unspecified atom stereocenters. The van der Waals surface area contributed by atoms with Gasteiger partial charge in [0.25, 0.3) is 5.91 Å². The number of nitrogen functional groups attached to an aromatic ring is 1. The van der Waals surface area contributed by atoms with E-state index >= 15 is 0 Å². The Balaban J connectivity index is 2.95. The van der Waals surface area contributed by atoms with Gasteiger partial charge < -0.3 is 15.7 Å². The summed E-state index contributed by atoms with van der Waals surface area (Å²) in [6.45, 7) is -2.59. The molecule has 0 bridgehead atoms. The van der Waals surface area contributed by atoms with Gasteiger partial charge in [0.05, 0.1) is 12.3 Å². The molecule has 0 fully saturated rings. The Hall–Kier alpha value is -1.83. The number of aliphatic hydroxyl groups excluding tert-OH is 1. The molecule has 1 aromatic rings. The number of carbonyl (C=O) groups excluding carboxylic acids is 1. The van der Waals surface area contributed by atoms with Gasteiger partial charge in [-0.05, 0) is 18.2 Å². The van der Waals surface area contributed by atoms with E-state index < -0.39 is 37.6 Å². The number of amides is 1. The highest BCUT2D eigenvalue weighted by Gasteiger charge is 2.33. The van der Waals surface area contributed by atoms with Crippen molar-refractivity contribution in [2.45, 2.75) is 6.18 Å². The summed E-state index contributed by atoms with van der Waals surface area (Å²) in [5.41, 5.74) is 4.74. The van der Waals surface area contributed by atoms with Crippen LogP contribution in [0.5, 0.6) is 0 Å². The number of rotatable bonds is 4. The number of benzene rings is 1. The maximum Gasteiger partial charge on any atom is 0.406 e. The summed E-state index contributed by atoms with van der Waals surface area (Å²) in [4.78, 5) is 12.2. The van der Waals surface area contributed by atoms with E-state index in [4.69, 9.17) is 10.8 Å². The van der Waals surface area contributed by atoms with E-state index in [1.54, 1.807) is 0 Å². The Morgan fingerprint density at radius 2 is 2.00 bits per heavy atom. The molecule has 0 atom stereocenters. The molecule has 0 aliphatic heterocycles. The lowest BCUT2D eigenvalue weighted by Gasteiger charge is -2.23. The van der Waals surface area contributed by atoms with E-state index in [1.807, 2.05) is 0 Å². The minimum atomic E-state index is -4.59. The Bertz CT molecular complexity index is 462. The molecule has 1 amide bonds. The van der Waals surface area contributed by atoms with Crippen LogP contribution in [0.4, 0.5) is 23.2 Å². The zero-order valence-corrected chi connectivity index (χ0v) is 9.75. The molecular weight excluding hydrogens is 268 g/mol. The van der Waals surface area contributed by atoms with Crippen molar-refractivity contribution in [3.05, 3.63) is 29.6 Å². The Morgan fingerprint density at radius 3 is 2.47 bits per heavy atom. The number of carbonyl (C=O) groups is 1. The Labute approximate surface area is 106 Å². The van der Waals surface area contributed by atoms with Gasteiger partial charge in [0.1, 0.15) is 12.4 Å². The zero-order valence-electron chi connectivity index (χ0n) is 9.75. The molecule has 1 aromatic carbocycles. The highest BCUT2D eigenvalue weighted by atomic mass is 19.4. The van der Waals surface area contributed by atoms with Crippen LogP contribution in [0.3, 0.4) is 0 Å². The maximum atomic E-state index is 12.9. The fourth-order valence-corrected chi connectivity index (χ4v) is 1.45. The number of anilines is 1. The molecular formula is C11H12F4N2O2. The van der Waals surface area contributed by atoms with Crippen LogP contribution in [-0.4, -0.2) is 41.8 Å². The summed E-state index contributed by atoms with van der Waals surface area (Å²) >= 11 is 0. The number of nitrogens with two attached hydrogens (primary N) is 1. The lowest BCUT2D eigenvalue weighted by molar-refractivity contribution is -0.141. The molecule has 4 nitrogen and oxygen atoms in total. The monoisotopic (exact) mass is 280 g/mol. The van der Waals surface area contributed by atoms with Crippen molar-refractivity contribution < 1.29 is 27.5 Å². The van der Waals surface area contributed by atoms with E-state index in [-0.39, 0.29) is 11.3 Å². The third-order valence-electron chi connectivity index (χ3n) is 2.27. The van der Waals surface area contributed by atoms with Crippen molar-refractivity contribution in [1.82, 2.24) is 4.90 Å². The van der Waals surface area contributed by atoms with Crippen molar-refractivity contribution in [3.63, 3.8) is 0 Å². The molecule has 0 aliphatic carbocycles. The molecule has 0 saturated heterocycles. The van der Waals surface area contributed by atoms with Crippen LogP contribution in [0, 0.1) is 5.82 Å². The van der Waals surface area contributed by atoms with Crippen LogP contribution in [0.1, 0.15) is 10.4 Å². The van der Waals surface area contributed by atoms with Gasteiger partial charge in [-0.15, -0.1) is 0 Å². The van der Waals surface area contributed by atoms with Gasteiger partial charge in [-0.25, -0.2) is 4.39 Å². The van der Waals surface area contributed by atoms with Crippen molar-refractivity contribution in [3.8, 4) is 0 Å². The first-order chi connectivity index (χ1) is 8.74. The molecule has 0 saturated carbocycles. The summed E-state index contributed by atoms with van der Waals surface area (Å²) < 4.78 is 49.8. The van der Waals surface area contributed by atoms with Crippen molar-refractivity contribution >= 4 is 11.6 Å². The number of nitrogens with zero attached hydrogens (tertiary/aromatic N) is 1. The first kappa shape index (κ1) is 15.2. The molecule has 106 valence electrons. The molecule has 0 aliphatic rings. The molecule has 19 heavy (non-hydrogen) atoms. The second-order valence-electron chi connectivity index (χ2n) is 3.80. The highest BCUT2D eigenvalue weighted by Crippen LogP contribution is 2.19. The summed E-state index contributed by atoms with van der Waals surface area (Å²) in [6.07, 6.45) is -4.59. The number of aliphatic hydroxyl groups is 1. The number of hydrogen-bond acceptors (Lipinski definition) is 3. The second kappa shape index (κ2) is 5.87. The largest absolute Gasteiger partial charge is 0.406 e. The third-order valence-corrected chi connectivity index (χ3v) is 2.27. The predicted octanol–water partition coefficient (Wildman–Crippen LogP) is 1.40. The second-order valence-corrected chi connectivity index (χ2v) is 3.80. The zero-order chi connectivity index (χ0) is 14.6. The van der Waals surface area contributed by atoms with Crippen LogP contribution >= 0.6 is 0 Å². The first-order valence-electron chi connectivity index (χ1n) is 5.26. The van der Waals surface area contributed by atoms with Gasteiger partial charge in [0, 0.05) is 12.1 Å². The average Bonchev–Trinajstić information content (AvgIpc) is 2.29. The molecule has 8 heteroatoms. The Morgan fingerprint density at radius 1 is 1.37 bits per heavy atom. The van der Waals surface area contributed by atoms with Gasteiger partial charge in [-0.3, -0.25) is 4.79 Å². The smallest absolute Gasteiger partial charge is 0.396 e.